The van der Waals surface area contributed by atoms with Crippen molar-refractivity contribution in [1.82, 2.24) is 9.80 Å². The minimum atomic E-state index is -0.511. The second kappa shape index (κ2) is 8.93. The number of methoxy groups -OCH3 is 1. The molecule has 0 radical (unpaired) electrons. The zero-order chi connectivity index (χ0) is 20.2. The van der Waals surface area contributed by atoms with Crippen LogP contribution < -0.4 is 4.74 Å². The molecule has 2 heterocycles. The lowest BCUT2D eigenvalue weighted by Gasteiger charge is -2.49. The Bertz CT molecular complexity index is 833. The molecule has 2 fully saturated rings. The molecular weight excluding hydrogens is 371 g/mol. The lowest BCUT2D eigenvalue weighted by Crippen LogP contribution is -2.63. The highest BCUT2D eigenvalue weighted by atomic mass is 19.1. The molecule has 5 nitrogen and oxygen atoms in total. The van der Waals surface area contributed by atoms with E-state index in [1.807, 2.05) is 6.07 Å². The van der Waals surface area contributed by atoms with E-state index >= 15 is 0 Å². The SMILES string of the molecule is COc1ccc(C(=O)N2CC(N(Cc3ccccc3)C3CCOCC3)C2)cc1F. The van der Waals surface area contributed by atoms with Crippen molar-refractivity contribution in [3.8, 4) is 5.75 Å². The highest BCUT2D eigenvalue weighted by molar-refractivity contribution is 5.95. The van der Waals surface area contributed by atoms with E-state index in [2.05, 4.69) is 29.2 Å². The van der Waals surface area contributed by atoms with Crippen LogP contribution in [0.3, 0.4) is 0 Å². The van der Waals surface area contributed by atoms with Gasteiger partial charge in [0, 0.05) is 50.5 Å². The number of carbonyl (C=O) groups excluding carboxylic acids is 1. The van der Waals surface area contributed by atoms with Crippen molar-refractivity contribution in [2.24, 2.45) is 0 Å². The summed E-state index contributed by atoms with van der Waals surface area (Å²) in [4.78, 5) is 17.1. The van der Waals surface area contributed by atoms with Gasteiger partial charge in [-0.25, -0.2) is 4.39 Å². The van der Waals surface area contributed by atoms with Crippen LogP contribution in [0.15, 0.2) is 48.5 Å². The van der Waals surface area contributed by atoms with E-state index in [4.69, 9.17) is 9.47 Å². The smallest absolute Gasteiger partial charge is 0.254 e. The van der Waals surface area contributed by atoms with Crippen molar-refractivity contribution in [3.05, 3.63) is 65.5 Å². The van der Waals surface area contributed by atoms with Crippen molar-refractivity contribution in [3.63, 3.8) is 0 Å². The molecule has 0 spiro atoms. The average Bonchev–Trinajstić information content (AvgIpc) is 2.73. The third-order valence-corrected chi connectivity index (χ3v) is 5.89. The first kappa shape index (κ1) is 19.9. The molecule has 2 aliphatic heterocycles. The number of ether oxygens (including phenoxy) is 2. The molecule has 6 heteroatoms. The van der Waals surface area contributed by atoms with Crippen LogP contribution in [-0.2, 0) is 11.3 Å². The number of likely N-dealkylation sites (tertiary alicyclic amines) is 1. The van der Waals surface area contributed by atoms with E-state index in [1.165, 1.54) is 24.8 Å². The molecule has 0 bridgehead atoms. The zero-order valence-corrected chi connectivity index (χ0v) is 16.7. The van der Waals surface area contributed by atoms with Gasteiger partial charge in [0.1, 0.15) is 0 Å². The molecule has 2 aromatic rings. The summed E-state index contributed by atoms with van der Waals surface area (Å²) in [6.45, 7) is 3.77. The third kappa shape index (κ3) is 4.43. The number of hydrogen-bond donors (Lipinski definition) is 0. The fourth-order valence-corrected chi connectivity index (χ4v) is 4.18. The summed E-state index contributed by atoms with van der Waals surface area (Å²) in [5, 5.41) is 0. The van der Waals surface area contributed by atoms with Crippen LogP contribution in [0.5, 0.6) is 5.75 Å². The maximum absolute atomic E-state index is 14.0. The number of nitrogens with zero attached hydrogens (tertiary/aromatic N) is 2. The van der Waals surface area contributed by atoms with E-state index < -0.39 is 5.82 Å². The van der Waals surface area contributed by atoms with Gasteiger partial charge in [-0.05, 0) is 36.6 Å². The predicted octanol–water partition coefficient (Wildman–Crippen LogP) is 3.34. The van der Waals surface area contributed by atoms with Crippen molar-refractivity contribution in [2.45, 2.75) is 31.5 Å². The summed E-state index contributed by atoms with van der Waals surface area (Å²) in [6, 6.07) is 15.6. The third-order valence-electron chi connectivity index (χ3n) is 5.89. The second-order valence-corrected chi connectivity index (χ2v) is 7.71. The van der Waals surface area contributed by atoms with Crippen LogP contribution in [0.2, 0.25) is 0 Å². The van der Waals surface area contributed by atoms with Gasteiger partial charge >= 0.3 is 0 Å². The molecule has 154 valence electrons. The van der Waals surface area contributed by atoms with Gasteiger partial charge in [0.25, 0.3) is 5.91 Å². The van der Waals surface area contributed by atoms with Crippen LogP contribution in [0.4, 0.5) is 4.39 Å². The molecule has 29 heavy (non-hydrogen) atoms. The Balaban J connectivity index is 1.43. The van der Waals surface area contributed by atoms with Crippen LogP contribution >= 0.6 is 0 Å². The van der Waals surface area contributed by atoms with Gasteiger partial charge < -0.3 is 14.4 Å². The molecule has 0 saturated carbocycles. The molecule has 0 aromatic heterocycles. The maximum atomic E-state index is 14.0. The lowest BCUT2D eigenvalue weighted by molar-refractivity contribution is -0.0289. The number of carbonyl (C=O) groups is 1. The summed E-state index contributed by atoms with van der Waals surface area (Å²) in [5.41, 5.74) is 1.64. The molecule has 0 unspecified atom stereocenters. The van der Waals surface area contributed by atoms with Crippen molar-refractivity contribution >= 4 is 5.91 Å². The number of rotatable bonds is 6. The first-order chi connectivity index (χ1) is 14.2. The van der Waals surface area contributed by atoms with Crippen LogP contribution in [-0.4, -0.2) is 61.2 Å². The van der Waals surface area contributed by atoms with E-state index in [-0.39, 0.29) is 11.7 Å². The topological polar surface area (TPSA) is 42.0 Å². The van der Waals surface area contributed by atoms with Crippen molar-refractivity contribution in [2.75, 3.05) is 33.4 Å². The first-order valence-corrected chi connectivity index (χ1v) is 10.2. The molecule has 0 N–H and O–H groups in total. The van der Waals surface area contributed by atoms with E-state index in [0.717, 1.165) is 32.6 Å². The van der Waals surface area contributed by atoms with Gasteiger partial charge in [-0.1, -0.05) is 30.3 Å². The summed E-state index contributed by atoms with van der Waals surface area (Å²) < 4.78 is 24.4. The molecule has 0 aliphatic carbocycles. The van der Waals surface area contributed by atoms with Crippen LogP contribution in [0, 0.1) is 5.82 Å². The van der Waals surface area contributed by atoms with E-state index in [9.17, 15) is 9.18 Å². The fraction of sp³-hybridized carbons (Fsp3) is 0.435. The van der Waals surface area contributed by atoms with Gasteiger partial charge in [-0.3, -0.25) is 9.69 Å². The summed E-state index contributed by atoms with van der Waals surface area (Å²) in [7, 11) is 1.41. The average molecular weight is 398 g/mol. The summed E-state index contributed by atoms with van der Waals surface area (Å²) in [5.74, 6) is -0.491. The van der Waals surface area contributed by atoms with Crippen molar-refractivity contribution < 1.29 is 18.7 Å². The molecule has 2 saturated heterocycles. The Kier molecular flexibility index (Phi) is 6.11. The Morgan fingerprint density at radius 1 is 1.14 bits per heavy atom. The van der Waals surface area contributed by atoms with Gasteiger partial charge in [-0.2, -0.15) is 0 Å². The maximum Gasteiger partial charge on any atom is 0.254 e. The lowest BCUT2D eigenvalue weighted by atomic mass is 9.98. The molecule has 2 aromatic carbocycles. The Hall–Kier alpha value is -2.44. The largest absolute Gasteiger partial charge is 0.494 e. The number of amides is 1. The highest BCUT2D eigenvalue weighted by Gasteiger charge is 2.38. The minimum Gasteiger partial charge on any atom is -0.494 e. The number of hydrogen-bond acceptors (Lipinski definition) is 4. The molecule has 1 amide bonds. The quantitative estimate of drug-likeness (QED) is 0.749. The van der Waals surface area contributed by atoms with Crippen molar-refractivity contribution in [1.29, 1.82) is 0 Å². The molecule has 2 aliphatic rings. The molecular formula is C23H27FN2O3. The Morgan fingerprint density at radius 3 is 2.52 bits per heavy atom. The summed E-state index contributed by atoms with van der Waals surface area (Å²) in [6.07, 6.45) is 2.03. The molecule has 0 atom stereocenters. The van der Waals surface area contributed by atoms with E-state index in [0.29, 0.717) is 30.7 Å². The standard InChI is InChI=1S/C23H27FN2O3/c1-28-22-8-7-18(13-21(22)24)23(27)25-15-20(16-25)26(19-9-11-29-12-10-19)14-17-5-3-2-4-6-17/h2-8,13,19-20H,9-12,14-16H2,1H3. The minimum absolute atomic E-state index is 0.130. The van der Waals surface area contributed by atoms with Gasteiger partial charge in [0.2, 0.25) is 0 Å². The zero-order valence-electron chi connectivity index (χ0n) is 16.7. The number of benzene rings is 2. The number of halogens is 1. The van der Waals surface area contributed by atoms with Crippen LogP contribution in [0.1, 0.15) is 28.8 Å². The fourth-order valence-electron chi connectivity index (χ4n) is 4.18. The highest BCUT2D eigenvalue weighted by Crippen LogP contribution is 2.27. The van der Waals surface area contributed by atoms with E-state index in [1.54, 1.807) is 11.0 Å². The van der Waals surface area contributed by atoms with Gasteiger partial charge in [0.15, 0.2) is 11.6 Å². The van der Waals surface area contributed by atoms with Gasteiger partial charge in [-0.15, -0.1) is 0 Å². The second-order valence-electron chi connectivity index (χ2n) is 7.71. The Morgan fingerprint density at radius 2 is 1.86 bits per heavy atom. The summed E-state index contributed by atoms with van der Waals surface area (Å²) >= 11 is 0. The first-order valence-electron chi connectivity index (χ1n) is 10.2. The molecule has 4 rings (SSSR count). The van der Waals surface area contributed by atoms with Gasteiger partial charge in [0.05, 0.1) is 7.11 Å². The predicted molar refractivity (Wildman–Crippen MR) is 108 cm³/mol. The Labute approximate surface area is 171 Å². The normalized spacial score (nSPS) is 18.0. The monoisotopic (exact) mass is 398 g/mol. The van der Waals surface area contributed by atoms with Crippen LogP contribution in [0.25, 0.3) is 0 Å².